The van der Waals surface area contributed by atoms with Gasteiger partial charge in [-0.15, -0.1) is 0 Å². The Hall–Kier alpha value is -1.22. The van der Waals surface area contributed by atoms with Gasteiger partial charge in [0.15, 0.2) is 0 Å². The van der Waals surface area contributed by atoms with E-state index >= 15 is 0 Å². The van der Waals surface area contributed by atoms with Crippen molar-refractivity contribution in [2.45, 2.75) is 47.0 Å². The summed E-state index contributed by atoms with van der Waals surface area (Å²) in [4.78, 5) is 36.8. The molecule has 2 atom stereocenters. The van der Waals surface area contributed by atoms with Crippen LogP contribution in [0.5, 0.6) is 0 Å². The molecular formula is C16H27N2NaO6. The maximum atomic E-state index is 11.9. The third-order valence-electron chi connectivity index (χ3n) is 3.58. The van der Waals surface area contributed by atoms with Gasteiger partial charge in [-0.3, -0.25) is 14.4 Å². The van der Waals surface area contributed by atoms with E-state index in [9.17, 15) is 19.5 Å². The molecule has 0 saturated heterocycles. The Bertz CT molecular complexity index is 481. The van der Waals surface area contributed by atoms with E-state index in [-0.39, 0.29) is 41.4 Å². The van der Waals surface area contributed by atoms with Gasteiger partial charge >= 0.3 is 35.5 Å². The van der Waals surface area contributed by atoms with Crippen LogP contribution in [0.15, 0.2) is 17.8 Å². The number of hydrogen-bond acceptors (Lipinski definition) is 6. The molecule has 0 aromatic carbocycles. The minimum absolute atomic E-state index is 0. The maximum absolute atomic E-state index is 11.9. The number of esters is 1. The molecule has 0 radical (unpaired) electrons. The number of rotatable bonds is 5. The van der Waals surface area contributed by atoms with Gasteiger partial charge in [0.05, 0.1) is 12.3 Å². The van der Waals surface area contributed by atoms with Gasteiger partial charge in [0.25, 0.3) is 5.91 Å². The van der Waals surface area contributed by atoms with Gasteiger partial charge in [-0.25, -0.2) is 4.99 Å². The first-order valence-corrected chi connectivity index (χ1v) is 7.60. The Kier molecular flexibility index (Phi) is 17.2. The van der Waals surface area contributed by atoms with E-state index < -0.39 is 23.3 Å². The summed E-state index contributed by atoms with van der Waals surface area (Å²) < 4.78 is 4.17. The summed E-state index contributed by atoms with van der Waals surface area (Å²) in [5.74, 6) is -1.53. The van der Waals surface area contributed by atoms with Crippen molar-refractivity contribution in [1.29, 1.82) is 0 Å². The van der Waals surface area contributed by atoms with Crippen LogP contribution in [0.3, 0.4) is 0 Å². The molecular weight excluding hydrogens is 339 g/mol. The number of aliphatic hydroxyl groups is 1. The normalized spacial score (nSPS) is 19.4. The minimum atomic E-state index is -1.15. The molecule has 1 heterocycles. The number of ether oxygens (including phenoxy) is 1. The summed E-state index contributed by atoms with van der Waals surface area (Å²) in [6.07, 6.45) is 3.12. The van der Waals surface area contributed by atoms with E-state index in [0.717, 1.165) is 26.2 Å². The van der Waals surface area contributed by atoms with Crippen molar-refractivity contribution in [3.05, 3.63) is 12.8 Å². The van der Waals surface area contributed by atoms with Gasteiger partial charge in [0, 0.05) is 14.0 Å². The van der Waals surface area contributed by atoms with Crippen LogP contribution in [0, 0.1) is 11.3 Å². The van der Waals surface area contributed by atoms with E-state index in [0.29, 0.717) is 6.42 Å². The molecule has 0 aromatic heterocycles. The molecule has 1 aliphatic rings. The van der Waals surface area contributed by atoms with Gasteiger partial charge in [0.1, 0.15) is 5.41 Å². The van der Waals surface area contributed by atoms with E-state index in [1.165, 1.54) is 6.92 Å². The summed E-state index contributed by atoms with van der Waals surface area (Å²) in [7, 11) is 1.00. The molecule has 2 amide bonds. The molecule has 0 bridgehead atoms. The number of hydrogen-bond donors (Lipinski definition) is 2. The average molecular weight is 366 g/mol. The van der Waals surface area contributed by atoms with Gasteiger partial charge in [0.2, 0.25) is 5.91 Å². The van der Waals surface area contributed by atoms with Crippen molar-refractivity contribution in [2.24, 2.45) is 16.3 Å². The number of nitrogens with one attached hydrogen (secondary N) is 1. The zero-order chi connectivity index (χ0) is 19.3. The van der Waals surface area contributed by atoms with Crippen LogP contribution in [0.25, 0.3) is 0 Å². The van der Waals surface area contributed by atoms with E-state index in [1.54, 1.807) is 6.92 Å². The van der Waals surface area contributed by atoms with Crippen molar-refractivity contribution in [2.75, 3.05) is 7.11 Å². The molecule has 2 unspecified atom stereocenters. The Morgan fingerprint density at radius 3 is 2.24 bits per heavy atom. The summed E-state index contributed by atoms with van der Waals surface area (Å²) in [6.45, 7) is 10.1. The van der Waals surface area contributed by atoms with Crippen LogP contribution in [0.2, 0.25) is 0 Å². The van der Waals surface area contributed by atoms with Crippen LogP contribution in [0.4, 0.5) is 0 Å². The molecule has 2 N–H and O–H groups in total. The summed E-state index contributed by atoms with van der Waals surface area (Å²) in [6, 6.07) is -0.845. The summed E-state index contributed by atoms with van der Waals surface area (Å²) in [5.41, 5.74) is -1.15. The predicted octanol–water partition coefficient (Wildman–Crippen LogP) is -2.50. The molecule has 138 valence electrons. The molecule has 1 aliphatic heterocycles. The Morgan fingerprint density at radius 2 is 1.96 bits per heavy atom. The quantitative estimate of drug-likeness (QED) is 0.240. The molecule has 8 nitrogen and oxygen atoms in total. The second kappa shape index (κ2) is 15.1. The van der Waals surface area contributed by atoms with Gasteiger partial charge in [-0.05, 0) is 18.8 Å². The van der Waals surface area contributed by atoms with Gasteiger partial charge < -0.3 is 20.3 Å². The maximum Gasteiger partial charge on any atom is 1.00 e. The fraction of sp³-hybridized carbons (Fsp3) is 0.625. The number of carbonyl (C=O) groups is 3. The first-order valence-electron chi connectivity index (χ1n) is 7.60. The minimum Gasteiger partial charge on any atom is -0.846 e. The molecule has 0 aliphatic carbocycles. The third kappa shape index (κ3) is 8.62. The Labute approximate surface area is 171 Å². The summed E-state index contributed by atoms with van der Waals surface area (Å²) >= 11 is 0. The smallest absolute Gasteiger partial charge is 0.846 e. The fourth-order valence-corrected chi connectivity index (χ4v) is 2.42. The van der Waals surface area contributed by atoms with E-state index in [4.69, 9.17) is 5.11 Å². The molecule has 0 fully saturated rings. The molecule has 0 aromatic rings. The second-order valence-electron chi connectivity index (χ2n) is 4.97. The van der Waals surface area contributed by atoms with E-state index in [1.807, 2.05) is 13.8 Å². The van der Waals surface area contributed by atoms with Gasteiger partial charge in [-0.1, -0.05) is 33.8 Å². The first-order chi connectivity index (χ1) is 11.3. The van der Waals surface area contributed by atoms with Gasteiger partial charge in [-0.2, -0.15) is 0 Å². The van der Waals surface area contributed by atoms with Crippen LogP contribution >= 0.6 is 0 Å². The number of nitrogens with zero attached hydrogens (tertiary/aromatic N) is 1. The number of amides is 2. The van der Waals surface area contributed by atoms with Crippen molar-refractivity contribution >= 4 is 23.8 Å². The first kappa shape index (κ1) is 28.6. The topological polar surface area (TPSA) is 128 Å². The number of amidine groups is 1. The fourth-order valence-electron chi connectivity index (χ4n) is 2.42. The van der Waals surface area contributed by atoms with Crippen LogP contribution in [-0.2, 0) is 19.1 Å². The van der Waals surface area contributed by atoms with Crippen LogP contribution < -0.4 is 40.0 Å². The Morgan fingerprint density at radius 1 is 1.44 bits per heavy atom. The SMILES string of the molecule is C=COC(C)=O.CCCC(C)C1(CC)C(=O)N=C([O-])NC1=O.CO.[Na+]. The standard InChI is InChI=1S/C11H18N2O3.C4H6O2.CH4O.Na/c1-4-6-7(3)11(5-2)8(14)12-10(16)13-9(11)15;1-3-6-4(2)5;1-2;/h7H,4-6H2,1-3H3,(H2,12,13,14,15,16);3H,1H2,2H3;2H,1H3;/q;;;+1/p-1. The van der Waals surface area contributed by atoms with Crippen LogP contribution in [-0.4, -0.2) is 36.0 Å². The predicted molar refractivity (Wildman–Crippen MR) is 87.5 cm³/mol. The number of aliphatic hydroxyl groups excluding tert-OH is 1. The third-order valence-corrected chi connectivity index (χ3v) is 3.58. The summed E-state index contributed by atoms with van der Waals surface area (Å²) in [5, 5.41) is 20.1. The molecule has 0 saturated carbocycles. The molecule has 0 spiro atoms. The Balaban J connectivity index is -0.000000459. The monoisotopic (exact) mass is 366 g/mol. The van der Waals surface area contributed by atoms with Crippen molar-refractivity contribution in [3.63, 3.8) is 0 Å². The van der Waals surface area contributed by atoms with Crippen molar-refractivity contribution in [3.8, 4) is 0 Å². The molecule has 9 heteroatoms. The van der Waals surface area contributed by atoms with E-state index in [2.05, 4.69) is 21.6 Å². The van der Waals surface area contributed by atoms with Crippen molar-refractivity contribution < 1.29 is 58.9 Å². The van der Waals surface area contributed by atoms with Crippen LogP contribution in [0.1, 0.15) is 47.0 Å². The zero-order valence-corrected chi connectivity index (χ0v) is 17.9. The van der Waals surface area contributed by atoms with Crippen molar-refractivity contribution in [1.82, 2.24) is 5.32 Å². The molecule has 25 heavy (non-hydrogen) atoms. The second-order valence-corrected chi connectivity index (χ2v) is 4.97. The number of aliphatic imine (C=N–C) groups is 1. The molecule has 1 rings (SSSR count). The number of carbonyl (C=O) groups excluding carboxylic acids is 3. The zero-order valence-electron chi connectivity index (χ0n) is 15.9. The largest absolute Gasteiger partial charge is 1.00 e. The average Bonchev–Trinajstić information content (AvgIpc) is 2.50.